The van der Waals surface area contributed by atoms with Crippen LogP contribution in [-0.4, -0.2) is 73.4 Å². The predicted octanol–water partition coefficient (Wildman–Crippen LogP) is 22.2. The molecule has 0 saturated carbocycles. The first-order valence-electron chi connectivity index (χ1n) is 34.4. The highest BCUT2D eigenvalue weighted by Gasteiger charge is 2.27. The van der Waals surface area contributed by atoms with Crippen LogP contribution in [0, 0.1) is 0 Å². The normalized spacial score (nSPS) is 14.7. The fraction of sp³-hybridized carbons (Fsp3) is 0.645. The topological polar surface area (TPSA) is 105 Å². The number of quaternary nitrogens is 1. The highest BCUT2D eigenvalue weighted by atomic mass is 31.2. The van der Waals surface area contributed by atoms with Crippen molar-refractivity contribution in [3.05, 3.63) is 158 Å². The van der Waals surface area contributed by atoms with E-state index in [1.165, 1.54) is 116 Å². The molecule has 0 aliphatic carbocycles. The summed E-state index contributed by atoms with van der Waals surface area (Å²) >= 11 is 0. The third-order valence-electron chi connectivity index (χ3n) is 14.5. The highest BCUT2D eigenvalue weighted by molar-refractivity contribution is 7.47. The van der Waals surface area contributed by atoms with Crippen LogP contribution in [0.1, 0.15) is 264 Å². The Labute approximate surface area is 524 Å². The number of allylic oxidation sites excluding steroid dienone is 25. The lowest BCUT2D eigenvalue weighted by Crippen LogP contribution is -2.45. The largest absolute Gasteiger partial charge is 0.472 e. The summed E-state index contributed by atoms with van der Waals surface area (Å²) in [7, 11) is 1.52. The summed E-state index contributed by atoms with van der Waals surface area (Å²) in [6, 6.07) is -0.887. The zero-order valence-electron chi connectivity index (χ0n) is 55.3. The van der Waals surface area contributed by atoms with E-state index < -0.39 is 20.0 Å². The molecule has 0 aromatic rings. The van der Waals surface area contributed by atoms with Gasteiger partial charge in [-0.2, -0.15) is 0 Å². The maximum atomic E-state index is 13.0. The van der Waals surface area contributed by atoms with Gasteiger partial charge in [0.2, 0.25) is 5.91 Å². The Morgan fingerprint density at radius 3 is 1.08 bits per heavy atom. The third kappa shape index (κ3) is 67.5. The number of nitrogens with zero attached hydrogens (tertiary/aromatic N) is 1. The second-order valence-electron chi connectivity index (χ2n) is 23.8. The van der Waals surface area contributed by atoms with E-state index in [4.69, 9.17) is 9.05 Å². The Kier molecular flexibility index (Phi) is 61.6. The van der Waals surface area contributed by atoms with Crippen molar-refractivity contribution in [1.82, 2.24) is 5.32 Å². The van der Waals surface area contributed by atoms with Gasteiger partial charge in [0.25, 0.3) is 0 Å². The van der Waals surface area contributed by atoms with Gasteiger partial charge in [0.05, 0.1) is 39.9 Å². The van der Waals surface area contributed by atoms with Crippen LogP contribution in [0.3, 0.4) is 0 Å². The molecule has 3 N–H and O–H groups in total. The van der Waals surface area contributed by atoms with Gasteiger partial charge in [-0.3, -0.25) is 13.8 Å². The van der Waals surface area contributed by atoms with Crippen LogP contribution in [0.15, 0.2) is 158 Å². The summed E-state index contributed by atoms with van der Waals surface area (Å²) in [5.74, 6) is -0.210. The van der Waals surface area contributed by atoms with Crippen molar-refractivity contribution in [1.29, 1.82) is 0 Å². The highest BCUT2D eigenvalue weighted by Crippen LogP contribution is 2.43. The van der Waals surface area contributed by atoms with Crippen molar-refractivity contribution in [2.45, 2.75) is 276 Å². The van der Waals surface area contributed by atoms with Gasteiger partial charge in [0.15, 0.2) is 0 Å². The molecule has 85 heavy (non-hydrogen) atoms. The van der Waals surface area contributed by atoms with Crippen LogP contribution in [-0.2, 0) is 18.4 Å². The van der Waals surface area contributed by atoms with E-state index in [1.54, 1.807) is 6.08 Å². The van der Waals surface area contributed by atoms with Crippen LogP contribution >= 0.6 is 7.82 Å². The Bertz CT molecular complexity index is 1940. The predicted molar refractivity (Wildman–Crippen MR) is 373 cm³/mol. The minimum absolute atomic E-state index is 0.0439. The molecule has 0 rings (SSSR count). The standard InChI is InChI=1S/C76H129N2O6P/c1-6-8-10-12-14-16-18-20-22-24-26-28-30-32-33-34-35-36-37-38-39-40-41-42-43-44-45-46-48-50-52-54-56-58-60-62-64-66-68-70-76(80)77-74(73-84-85(81,82)83-72-71-78(3,4)5)75(79)69-67-65-63-61-59-57-55-53-51-49-47-31-29-27-25-23-21-19-17-15-13-11-9-7-2/h8,10,14,16,20,22,26,28,32-33,35-36,38-39,41-42,44-45,48,50,54,56,59,61,67,69,74-75,79H,6-7,9,11-13,15,17-19,21,23-25,27,29-31,34,37,40,43,46-47,49,51-53,55,57-58,60,62-66,68,70-73H2,1-5H3,(H-,77,80,81,82)/p+1/b10-8-,16-14-,22-20-,28-26-,33-32-,36-35-,39-38-,42-41-,45-44-,50-48-,56-54-,61-59+,69-67+. The van der Waals surface area contributed by atoms with Gasteiger partial charge in [-0.15, -0.1) is 0 Å². The third-order valence-corrected chi connectivity index (χ3v) is 15.5. The Morgan fingerprint density at radius 2 is 0.718 bits per heavy atom. The maximum Gasteiger partial charge on any atom is 0.472 e. The number of carbonyl (C=O) groups excluding carboxylic acids is 1. The molecule has 0 fully saturated rings. The van der Waals surface area contributed by atoms with Gasteiger partial charge in [-0.25, -0.2) is 4.57 Å². The molecule has 9 heteroatoms. The number of aliphatic hydroxyl groups is 1. The number of likely N-dealkylation sites (N-methyl/N-ethyl adjacent to an activating group) is 1. The first kappa shape index (κ1) is 81.1. The number of aliphatic hydroxyl groups excluding tert-OH is 1. The van der Waals surface area contributed by atoms with Crippen LogP contribution in [0.2, 0.25) is 0 Å². The number of phosphoric acid groups is 1. The first-order chi connectivity index (χ1) is 41.5. The quantitative estimate of drug-likeness (QED) is 0.0243. The van der Waals surface area contributed by atoms with E-state index in [-0.39, 0.29) is 19.1 Å². The summed E-state index contributed by atoms with van der Waals surface area (Å²) in [5, 5.41) is 14.0. The molecular weight excluding hydrogens is 1070 g/mol. The molecule has 1 amide bonds. The first-order valence-corrected chi connectivity index (χ1v) is 35.9. The molecular formula is C76H130N2O6P+. The van der Waals surface area contributed by atoms with Crippen molar-refractivity contribution in [2.75, 3.05) is 40.9 Å². The molecule has 0 spiro atoms. The van der Waals surface area contributed by atoms with E-state index in [1.807, 2.05) is 27.2 Å². The SMILES string of the molecule is CC/C=C\C/C=C\C/C=C\C/C=C\C/C=C\C/C=C\C/C=C\C/C=C\C/C=C\C/C=C\C/C=C\CCCCCCCC(=O)NC(COP(=O)(O)OCC[N+](C)(C)C)C(O)/C=C/CC/C=C/CCCCCCCCCCCCCCCCCCCC. The second kappa shape index (κ2) is 64.6. The summed E-state index contributed by atoms with van der Waals surface area (Å²) in [4.78, 5) is 23.4. The molecule has 0 saturated heterocycles. The van der Waals surface area contributed by atoms with Gasteiger partial charge >= 0.3 is 7.82 Å². The Balaban J connectivity index is 4.24. The average Bonchev–Trinajstić information content (AvgIpc) is 3.49. The lowest BCUT2D eigenvalue weighted by Gasteiger charge is -2.25. The molecule has 0 aliphatic heterocycles. The van der Waals surface area contributed by atoms with E-state index in [2.05, 4.69) is 165 Å². The molecule has 484 valence electrons. The molecule has 0 aromatic heterocycles. The smallest absolute Gasteiger partial charge is 0.387 e. The number of amides is 1. The van der Waals surface area contributed by atoms with E-state index in [0.717, 1.165) is 128 Å². The fourth-order valence-corrected chi connectivity index (χ4v) is 9.92. The number of hydrogen-bond donors (Lipinski definition) is 3. The minimum atomic E-state index is -4.38. The lowest BCUT2D eigenvalue weighted by molar-refractivity contribution is -0.870. The van der Waals surface area contributed by atoms with Gasteiger partial charge in [0.1, 0.15) is 13.2 Å². The molecule has 0 aromatic carbocycles. The van der Waals surface area contributed by atoms with Crippen molar-refractivity contribution >= 4 is 13.7 Å². The second-order valence-corrected chi connectivity index (χ2v) is 25.3. The Morgan fingerprint density at radius 1 is 0.412 bits per heavy atom. The van der Waals surface area contributed by atoms with Crippen LogP contribution in [0.5, 0.6) is 0 Å². The molecule has 3 atom stereocenters. The lowest BCUT2D eigenvalue weighted by atomic mass is 10.0. The molecule has 0 bridgehead atoms. The van der Waals surface area contributed by atoms with Gasteiger partial charge in [-0.05, 0) is 116 Å². The maximum absolute atomic E-state index is 13.0. The van der Waals surface area contributed by atoms with Crippen molar-refractivity contribution in [2.24, 2.45) is 0 Å². The molecule has 3 unspecified atom stereocenters. The minimum Gasteiger partial charge on any atom is -0.387 e. The summed E-state index contributed by atoms with van der Waals surface area (Å²) in [5.41, 5.74) is 0. The number of carbonyl (C=O) groups is 1. The van der Waals surface area contributed by atoms with E-state index >= 15 is 0 Å². The van der Waals surface area contributed by atoms with Crippen LogP contribution in [0.25, 0.3) is 0 Å². The molecule has 8 nitrogen and oxygen atoms in total. The molecule has 0 radical (unpaired) electrons. The number of nitrogens with one attached hydrogen (secondary N) is 1. The van der Waals surface area contributed by atoms with Gasteiger partial charge < -0.3 is 19.8 Å². The van der Waals surface area contributed by atoms with Crippen LogP contribution in [0.4, 0.5) is 0 Å². The monoisotopic (exact) mass is 1200 g/mol. The number of rotatable bonds is 61. The van der Waals surface area contributed by atoms with E-state index in [0.29, 0.717) is 17.4 Å². The summed E-state index contributed by atoms with van der Waals surface area (Å²) < 4.78 is 23.8. The van der Waals surface area contributed by atoms with Crippen molar-refractivity contribution < 1.29 is 32.9 Å². The number of hydrogen-bond acceptors (Lipinski definition) is 5. The zero-order valence-corrected chi connectivity index (χ0v) is 56.2. The van der Waals surface area contributed by atoms with Gasteiger partial charge in [0, 0.05) is 6.42 Å². The van der Waals surface area contributed by atoms with Crippen molar-refractivity contribution in [3.63, 3.8) is 0 Å². The molecule has 0 aliphatic rings. The number of phosphoric ester groups is 1. The molecule has 0 heterocycles. The fourth-order valence-electron chi connectivity index (χ4n) is 9.18. The van der Waals surface area contributed by atoms with Gasteiger partial charge in [-0.1, -0.05) is 300 Å². The summed E-state index contributed by atoms with van der Waals surface area (Å²) in [6.07, 6.45) is 101. The average molecular weight is 1200 g/mol. The summed E-state index contributed by atoms with van der Waals surface area (Å²) in [6.45, 7) is 4.67. The van der Waals surface area contributed by atoms with Crippen molar-refractivity contribution in [3.8, 4) is 0 Å². The van der Waals surface area contributed by atoms with Crippen LogP contribution < -0.4 is 5.32 Å². The number of unbranched alkanes of at least 4 members (excludes halogenated alkanes) is 24. The van der Waals surface area contributed by atoms with E-state index in [9.17, 15) is 19.4 Å². The Hall–Kier alpha value is -3.88. The zero-order chi connectivity index (χ0) is 61.9.